The van der Waals surface area contributed by atoms with Gasteiger partial charge < -0.3 is 10.2 Å². The van der Waals surface area contributed by atoms with Crippen molar-refractivity contribution in [1.82, 2.24) is 0 Å². The fourth-order valence-electron chi connectivity index (χ4n) is 1.32. The van der Waals surface area contributed by atoms with E-state index < -0.39 is 12.1 Å². The molecule has 3 atom stereocenters. The maximum Gasteiger partial charge on any atom is 0.306 e. The van der Waals surface area contributed by atoms with Crippen LogP contribution in [0.25, 0.3) is 0 Å². The number of halogens is 1. The van der Waals surface area contributed by atoms with E-state index in [9.17, 15) is 4.79 Å². The van der Waals surface area contributed by atoms with Crippen LogP contribution < -0.4 is 0 Å². The Morgan fingerprint density at radius 3 is 2.55 bits per heavy atom. The first kappa shape index (κ1) is 8.81. The summed E-state index contributed by atoms with van der Waals surface area (Å²) in [6.45, 7) is 0. The van der Waals surface area contributed by atoms with Crippen LogP contribution in [0, 0.1) is 5.92 Å². The van der Waals surface area contributed by atoms with Crippen molar-refractivity contribution < 1.29 is 15.0 Å². The number of carbonyl (C=O) groups is 1. The van der Waals surface area contributed by atoms with Crippen LogP contribution in [0.15, 0.2) is 0 Å². The molecule has 3 nitrogen and oxygen atoms in total. The molecule has 1 saturated carbocycles. The summed E-state index contributed by atoms with van der Waals surface area (Å²) in [7, 11) is 0. The molecule has 11 heavy (non-hydrogen) atoms. The quantitative estimate of drug-likeness (QED) is 0.585. The highest BCUT2D eigenvalue weighted by Crippen LogP contribution is 2.28. The summed E-state index contributed by atoms with van der Waals surface area (Å²) in [6.07, 6.45) is 0.912. The van der Waals surface area contributed by atoms with Crippen LogP contribution >= 0.6 is 11.6 Å². The van der Waals surface area contributed by atoms with Gasteiger partial charge in [-0.15, -0.1) is 11.6 Å². The van der Waals surface area contributed by atoms with E-state index in [0.717, 1.165) is 0 Å². The summed E-state index contributed by atoms with van der Waals surface area (Å²) in [6, 6.07) is 0. The van der Waals surface area contributed by atoms with E-state index in [1.807, 2.05) is 0 Å². The number of carboxylic acid groups (broad SMARTS) is 1. The van der Waals surface area contributed by atoms with Crippen molar-refractivity contribution in [1.29, 1.82) is 0 Å². The van der Waals surface area contributed by atoms with Crippen molar-refractivity contribution in [2.45, 2.75) is 30.7 Å². The first-order valence-electron chi connectivity index (χ1n) is 3.66. The third-order valence-electron chi connectivity index (χ3n) is 2.09. The number of hydrogen-bond donors (Lipinski definition) is 2. The predicted molar refractivity (Wildman–Crippen MR) is 40.6 cm³/mol. The van der Waals surface area contributed by atoms with Gasteiger partial charge in [-0.05, 0) is 19.3 Å². The number of hydrogen-bond acceptors (Lipinski definition) is 2. The van der Waals surface area contributed by atoms with Gasteiger partial charge in [-0.3, -0.25) is 4.79 Å². The van der Waals surface area contributed by atoms with Crippen LogP contribution in [0.5, 0.6) is 0 Å². The molecule has 1 rings (SSSR count). The van der Waals surface area contributed by atoms with E-state index in [1.165, 1.54) is 0 Å². The zero-order valence-electron chi connectivity index (χ0n) is 6.03. The zero-order chi connectivity index (χ0) is 8.43. The summed E-state index contributed by atoms with van der Waals surface area (Å²) in [5, 5.41) is 17.4. The normalized spacial score (nSPS) is 38.5. The Bertz CT molecular complexity index is 160. The SMILES string of the molecule is O=C(O)[C@@H]1CC[C@H](O)[C@@H](Cl)C1. The first-order valence-corrected chi connectivity index (χ1v) is 4.10. The lowest BCUT2D eigenvalue weighted by molar-refractivity contribution is -0.143. The zero-order valence-corrected chi connectivity index (χ0v) is 6.79. The van der Waals surface area contributed by atoms with Gasteiger partial charge in [0.2, 0.25) is 0 Å². The van der Waals surface area contributed by atoms with Crippen LogP contribution in [0.1, 0.15) is 19.3 Å². The lowest BCUT2D eigenvalue weighted by Gasteiger charge is -2.26. The second-order valence-electron chi connectivity index (χ2n) is 2.93. The van der Waals surface area contributed by atoms with Crippen LogP contribution in [-0.4, -0.2) is 27.7 Å². The molecule has 0 aromatic heterocycles. The van der Waals surface area contributed by atoms with Gasteiger partial charge in [-0.2, -0.15) is 0 Å². The van der Waals surface area contributed by atoms with Crippen molar-refractivity contribution in [3.8, 4) is 0 Å². The third-order valence-corrected chi connectivity index (χ3v) is 2.56. The minimum absolute atomic E-state index is 0.360. The van der Waals surface area contributed by atoms with Crippen LogP contribution in [0.3, 0.4) is 0 Å². The molecule has 0 saturated heterocycles. The summed E-state index contributed by atoms with van der Waals surface area (Å²) in [5.74, 6) is -1.16. The molecule has 0 heterocycles. The fraction of sp³-hybridized carbons (Fsp3) is 0.857. The molecular formula is C7H11ClO3. The van der Waals surface area contributed by atoms with E-state index in [1.54, 1.807) is 0 Å². The summed E-state index contributed by atoms with van der Waals surface area (Å²) in [5.41, 5.74) is 0. The third kappa shape index (κ3) is 2.07. The van der Waals surface area contributed by atoms with Gasteiger partial charge in [0.15, 0.2) is 0 Å². The Balaban J connectivity index is 2.46. The van der Waals surface area contributed by atoms with Crippen LogP contribution in [0.2, 0.25) is 0 Å². The summed E-state index contributed by atoms with van der Waals surface area (Å²) < 4.78 is 0. The van der Waals surface area contributed by atoms with Crippen molar-refractivity contribution in [2.24, 2.45) is 5.92 Å². The summed E-state index contributed by atoms with van der Waals surface area (Å²) in [4.78, 5) is 10.5. The molecule has 0 radical (unpaired) electrons. The molecule has 2 N–H and O–H groups in total. The molecule has 0 bridgehead atoms. The average molecular weight is 179 g/mol. The van der Waals surface area contributed by atoms with Crippen molar-refractivity contribution in [3.05, 3.63) is 0 Å². The number of carboxylic acids is 1. The molecule has 0 aromatic carbocycles. The molecule has 4 heteroatoms. The van der Waals surface area contributed by atoms with Gasteiger partial charge in [0, 0.05) is 0 Å². The van der Waals surface area contributed by atoms with Crippen molar-refractivity contribution in [2.75, 3.05) is 0 Å². The van der Waals surface area contributed by atoms with Gasteiger partial charge in [0.05, 0.1) is 17.4 Å². The number of alkyl halides is 1. The Morgan fingerprint density at radius 1 is 1.45 bits per heavy atom. The Morgan fingerprint density at radius 2 is 2.09 bits per heavy atom. The predicted octanol–water partition coefficient (Wildman–Crippen LogP) is 0.839. The van der Waals surface area contributed by atoms with Crippen molar-refractivity contribution >= 4 is 17.6 Å². The number of aliphatic hydroxyl groups excluding tert-OH is 1. The molecule has 1 aliphatic carbocycles. The van der Waals surface area contributed by atoms with Crippen LogP contribution in [0.4, 0.5) is 0 Å². The minimum Gasteiger partial charge on any atom is -0.481 e. The second-order valence-corrected chi connectivity index (χ2v) is 3.49. The van der Waals surface area contributed by atoms with Gasteiger partial charge in [-0.1, -0.05) is 0 Å². The number of aliphatic hydroxyl groups is 1. The van der Waals surface area contributed by atoms with E-state index in [-0.39, 0.29) is 11.3 Å². The Labute approximate surface area is 70.0 Å². The molecule has 0 aromatic rings. The minimum atomic E-state index is -0.803. The van der Waals surface area contributed by atoms with Crippen molar-refractivity contribution in [3.63, 3.8) is 0 Å². The van der Waals surface area contributed by atoms with E-state index in [2.05, 4.69) is 0 Å². The van der Waals surface area contributed by atoms with Crippen LogP contribution in [-0.2, 0) is 4.79 Å². The Hall–Kier alpha value is -0.280. The largest absolute Gasteiger partial charge is 0.481 e. The lowest BCUT2D eigenvalue weighted by atomic mass is 9.87. The molecule has 0 aliphatic heterocycles. The standard InChI is InChI=1S/C7H11ClO3/c8-5-3-4(7(10)11)1-2-6(5)9/h4-6,9H,1-3H2,(H,10,11)/t4-,5+,6+/m1/s1. The molecule has 0 spiro atoms. The second kappa shape index (κ2) is 3.41. The number of rotatable bonds is 1. The van der Waals surface area contributed by atoms with E-state index >= 15 is 0 Å². The molecule has 1 fully saturated rings. The molecular weight excluding hydrogens is 168 g/mol. The highest BCUT2D eigenvalue weighted by molar-refractivity contribution is 6.21. The average Bonchev–Trinajstić information content (AvgIpc) is 1.94. The fourth-order valence-corrected chi connectivity index (χ4v) is 1.66. The molecule has 0 unspecified atom stereocenters. The maximum atomic E-state index is 10.5. The van der Waals surface area contributed by atoms with Gasteiger partial charge in [0.1, 0.15) is 0 Å². The lowest BCUT2D eigenvalue weighted by Crippen LogP contribution is -2.32. The van der Waals surface area contributed by atoms with E-state index in [0.29, 0.717) is 19.3 Å². The Kier molecular flexibility index (Phi) is 2.73. The van der Waals surface area contributed by atoms with E-state index in [4.69, 9.17) is 21.8 Å². The highest BCUT2D eigenvalue weighted by atomic mass is 35.5. The topological polar surface area (TPSA) is 57.5 Å². The maximum absolute atomic E-state index is 10.5. The first-order chi connectivity index (χ1) is 5.11. The highest BCUT2D eigenvalue weighted by Gasteiger charge is 2.31. The van der Waals surface area contributed by atoms with Gasteiger partial charge >= 0.3 is 5.97 Å². The van der Waals surface area contributed by atoms with Gasteiger partial charge in [-0.25, -0.2) is 0 Å². The van der Waals surface area contributed by atoms with Gasteiger partial charge in [0.25, 0.3) is 0 Å². The molecule has 0 amide bonds. The molecule has 1 aliphatic rings. The molecule has 64 valence electrons. The smallest absolute Gasteiger partial charge is 0.306 e. The summed E-state index contributed by atoms with van der Waals surface area (Å²) >= 11 is 5.69. The monoisotopic (exact) mass is 178 g/mol. The number of aliphatic carboxylic acids is 1.